The zero-order valence-electron chi connectivity index (χ0n) is 16.9. The number of carbonyl (C=O) groups is 2. The van der Waals surface area contributed by atoms with Crippen LogP contribution in [0.5, 0.6) is 11.5 Å². The zero-order chi connectivity index (χ0) is 20.7. The van der Waals surface area contributed by atoms with Crippen LogP contribution in [0, 0.1) is 13.8 Å². The molecule has 6 heteroatoms. The highest BCUT2D eigenvalue weighted by molar-refractivity contribution is 6.06. The van der Waals surface area contributed by atoms with Crippen LogP contribution in [0.25, 0.3) is 0 Å². The van der Waals surface area contributed by atoms with Gasteiger partial charge in [0.15, 0.2) is 0 Å². The van der Waals surface area contributed by atoms with E-state index in [1.807, 2.05) is 38.1 Å². The van der Waals surface area contributed by atoms with Crippen LogP contribution in [-0.2, 0) is 14.3 Å². The Balaban J connectivity index is 1.87. The maximum Gasteiger partial charge on any atom is 0.336 e. The summed E-state index contributed by atoms with van der Waals surface area (Å²) in [6, 6.07) is 11.3. The van der Waals surface area contributed by atoms with E-state index >= 15 is 0 Å². The summed E-state index contributed by atoms with van der Waals surface area (Å²) < 4.78 is 16.2. The van der Waals surface area contributed by atoms with E-state index in [1.54, 1.807) is 31.3 Å². The largest absolute Gasteiger partial charge is 0.497 e. The van der Waals surface area contributed by atoms with Crippen molar-refractivity contribution in [2.45, 2.75) is 26.2 Å². The van der Waals surface area contributed by atoms with E-state index in [1.165, 1.54) is 0 Å². The number of rotatable bonds is 4. The molecule has 1 amide bonds. The van der Waals surface area contributed by atoms with Gasteiger partial charge in [-0.2, -0.15) is 0 Å². The quantitative estimate of drug-likeness (QED) is 0.742. The standard InChI is InChI=1S/C23H23NO5/c1-13-7-14(2)9-15(8-13)24-19-12-29-23(26)22(19)18(11-21(24)25)17-10-16(27-3)5-6-20(17)28-4/h5-10,18H,11-12H2,1-4H3. The van der Waals surface area contributed by atoms with Gasteiger partial charge in [0.1, 0.15) is 18.1 Å². The zero-order valence-corrected chi connectivity index (χ0v) is 16.9. The summed E-state index contributed by atoms with van der Waals surface area (Å²) in [6.45, 7) is 4.05. The molecule has 2 aliphatic heterocycles. The van der Waals surface area contributed by atoms with Crippen molar-refractivity contribution in [2.24, 2.45) is 0 Å². The summed E-state index contributed by atoms with van der Waals surface area (Å²) in [5.41, 5.74) is 4.72. The van der Waals surface area contributed by atoms with Gasteiger partial charge in [-0.05, 0) is 55.3 Å². The van der Waals surface area contributed by atoms with Gasteiger partial charge in [0.05, 0.1) is 25.5 Å². The van der Waals surface area contributed by atoms with Crippen molar-refractivity contribution in [1.29, 1.82) is 0 Å². The molecule has 0 fully saturated rings. The molecule has 0 spiro atoms. The van der Waals surface area contributed by atoms with Gasteiger partial charge < -0.3 is 14.2 Å². The second-order valence-corrected chi connectivity index (χ2v) is 7.38. The van der Waals surface area contributed by atoms with Crippen LogP contribution < -0.4 is 14.4 Å². The van der Waals surface area contributed by atoms with Crippen LogP contribution in [0.15, 0.2) is 47.7 Å². The van der Waals surface area contributed by atoms with Crippen molar-refractivity contribution < 1.29 is 23.8 Å². The third-order valence-corrected chi connectivity index (χ3v) is 5.39. The first-order chi connectivity index (χ1) is 13.9. The Morgan fingerprint density at radius 2 is 1.72 bits per heavy atom. The maximum absolute atomic E-state index is 13.3. The third kappa shape index (κ3) is 3.24. The lowest BCUT2D eigenvalue weighted by Gasteiger charge is -2.32. The number of hydrogen-bond donors (Lipinski definition) is 0. The number of carbonyl (C=O) groups excluding carboxylic acids is 2. The number of cyclic esters (lactones) is 1. The fourth-order valence-electron chi connectivity index (χ4n) is 4.21. The summed E-state index contributed by atoms with van der Waals surface area (Å²) in [6.07, 6.45) is 0.143. The lowest BCUT2D eigenvalue weighted by molar-refractivity contribution is -0.136. The Morgan fingerprint density at radius 3 is 2.38 bits per heavy atom. The first kappa shape index (κ1) is 19.1. The van der Waals surface area contributed by atoms with Crippen molar-refractivity contribution in [3.05, 3.63) is 64.4 Å². The second-order valence-electron chi connectivity index (χ2n) is 7.38. The summed E-state index contributed by atoms with van der Waals surface area (Å²) >= 11 is 0. The molecule has 29 heavy (non-hydrogen) atoms. The van der Waals surface area contributed by atoms with E-state index in [0.29, 0.717) is 22.8 Å². The van der Waals surface area contributed by atoms with Gasteiger partial charge in [0, 0.05) is 23.6 Å². The molecule has 0 aliphatic carbocycles. The number of ether oxygens (including phenoxy) is 3. The minimum Gasteiger partial charge on any atom is -0.497 e. The molecule has 0 aromatic heterocycles. The van der Waals surface area contributed by atoms with Gasteiger partial charge in [-0.1, -0.05) is 6.07 Å². The number of benzene rings is 2. The predicted octanol–water partition coefficient (Wildman–Crippen LogP) is 3.65. The Labute approximate surface area is 169 Å². The summed E-state index contributed by atoms with van der Waals surface area (Å²) in [5.74, 6) is 0.326. The molecule has 2 heterocycles. The molecule has 0 bridgehead atoms. The maximum atomic E-state index is 13.3. The molecule has 0 saturated heterocycles. The fourth-order valence-corrected chi connectivity index (χ4v) is 4.21. The first-order valence-electron chi connectivity index (χ1n) is 9.46. The molecular weight excluding hydrogens is 370 g/mol. The summed E-state index contributed by atoms with van der Waals surface area (Å²) in [5, 5.41) is 0. The lowest BCUT2D eigenvalue weighted by Crippen LogP contribution is -2.37. The smallest absolute Gasteiger partial charge is 0.336 e. The number of aryl methyl sites for hydroxylation is 2. The highest BCUT2D eigenvalue weighted by Gasteiger charge is 2.44. The van der Waals surface area contributed by atoms with E-state index in [9.17, 15) is 9.59 Å². The number of hydrogen-bond acceptors (Lipinski definition) is 5. The molecule has 0 radical (unpaired) electrons. The highest BCUT2D eigenvalue weighted by atomic mass is 16.5. The molecule has 6 nitrogen and oxygen atoms in total. The number of methoxy groups -OCH3 is 2. The first-order valence-corrected chi connectivity index (χ1v) is 9.46. The molecule has 2 aromatic carbocycles. The Bertz CT molecular complexity index is 1020. The molecule has 1 unspecified atom stereocenters. The van der Waals surface area contributed by atoms with E-state index in [4.69, 9.17) is 14.2 Å². The Hall–Kier alpha value is -3.28. The monoisotopic (exact) mass is 393 g/mol. The van der Waals surface area contributed by atoms with Crippen LogP contribution >= 0.6 is 0 Å². The summed E-state index contributed by atoms with van der Waals surface area (Å²) in [7, 11) is 3.15. The van der Waals surface area contributed by atoms with Crippen LogP contribution in [0.1, 0.15) is 29.0 Å². The number of anilines is 1. The molecule has 2 aromatic rings. The SMILES string of the molecule is COc1ccc(OC)c(C2CC(=O)N(c3cc(C)cc(C)c3)C3=C2C(=O)OC3)c1. The average molecular weight is 393 g/mol. The molecule has 4 rings (SSSR count). The van der Waals surface area contributed by atoms with Crippen molar-refractivity contribution >= 4 is 17.6 Å². The van der Waals surface area contributed by atoms with Crippen molar-refractivity contribution in [2.75, 3.05) is 25.7 Å². The average Bonchev–Trinajstić information content (AvgIpc) is 3.07. The molecule has 0 saturated carbocycles. The molecule has 1 atom stereocenters. The second kappa shape index (κ2) is 7.28. The van der Waals surface area contributed by atoms with Gasteiger partial charge in [0.2, 0.25) is 5.91 Å². The lowest BCUT2D eigenvalue weighted by atomic mass is 9.83. The third-order valence-electron chi connectivity index (χ3n) is 5.39. The van der Waals surface area contributed by atoms with Gasteiger partial charge in [-0.25, -0.2) is 4.79 Å². The summed E-state index contributed by atoms with van der Waals surface area (Å²) in [4.78, 5) is 27.6. The molecule has 0 N–H and O–H groups in total. The minimum atomic E-state index is -0.445. The van der Waals surface area contributed by atoms with Gasteiger partial charge in [-0.15, -0.1) is 0 Å². The number of amides is 1. The number of esters is 1. The molecular formula is C23H23NO5. The van der Waals surface area contributed by atoms with Crippen molar-refractivity contribution in [3.63, 3.8) is 0 Å². The Morgan fingerprint density at radius 1 is 1.00 bits per heavy atom. The van der Waals surface area contributed by atoms with E-state index in [-0.39, 0.29) is 18.9 Å². The van der Waals surface area contributed by atoms with Gasteiger partial charge in [0.25, 0.3) is 0 Å². The van der Waals surface area contributed by atoms with E-state index in [2.05, 4.69) is 0 Å². The highest BCUT2D eigenvalue weighted by Crippen LogP contribution is 2.45. The van der Waals surface area contributed by atoms with E-state index < -0.39 is 11.9 Å². The van der Waals surface area contributed by atoms with Crippen molar-refractivity contribution in [1.82, 2.24) is 0 Å². The number of nitrogens with zero attached hydrogens (tertiary/aromatic N) is 1. The van der Waals surface area contributed by atoms with Gasteiger partial charge in [-0.3, -0.25) is 9.69 Å². The van der Waals surface area contributed by atoms with Crippen molar-refractivity contribution in [3.8, 4) is 11.5 Å². The van der Waals surface area contributed by atoms with Crippen LogP contribution in [0.3, 0.4) is 0 Å². The molecule has 150 valence electrons. The fraction of sp³-hybridized carbons (Fsp3) is 0.304. The topological polar surface area (TPSA) is 65.1 Å². The predicted molar refractivity (Wildman–Crippen MR) is 108 cm³/mol. The minimum absolute atomic E-state index is 0.0790. The van der Waals surface area contributed by atoms with Crippen LogP contribution in [0.2, 0.25) is 0 Å². The van der Waals surface area contributed by atoms with Crippen LogP contribution in [0.4, 0.5) is 5.69 Å². The normalized spacial score (nSPS) is 18.6. The van der Waals surface area contributed by atoms with E-state index in [0.717, 1.165) is 22.4 Å². The van der Waals surface area contributed by atoms with Gasteiger partial charge >= 0.3 is 5.97 Å². The Kier molecular flexibility index (Phi) is 4.78. The van der Waals surface area contributed by atoms with Crippen LogP contribution in [-0.4, -0.2) is 32.7 Å². The molecule has 2 aliphatic rings.